The summed E-state index contributed by atoms with van der Waals surface area (Å²) in [6.45, 7) is 2.89. The van der Waals surface area contributed by atoms with Crippen LogP contribution in [0, 0.1) is 5.82 Å². The molecule has 0 unspecified atom stereocenters. The van der Waals surface area contributed by atoms with Crippen LogP contribution >= 0.6 is 0 Å². The first-order chi connectivity index (χ1) is 10.4. The van der Waals surface area contributed by atoms with Crippen LogP contribution in [0.4, 0.5) is 10.1 Å². The average Bonchev–Trinajstić information content (AvgIpc) is 2.45. The van der Waals surface area contributed by atoms with Gasteiger partial charge in [0.25, 0.3) is 0 Å². The van der Waals surface area contributed by atoms with Gasteiger partial charge in [-0.05, 0) is 51.3 Å². The van der Waals surface area contributed by atoms with Crippen molar-refractivity contribution >= 4 is 11.7 Å². The molecule has 0 amide bonds. The first kappa shape index (κ1) is 18.4. The number of benzene rings is 1. The van der Waals surface area contributed by atoms with Gasteiger partial charge in [0.2, 0.25) is 0 Å². The third-order valence-corrected chi connectivity index (χ3v) is 3.37. The van der Waals surface area contributed by atoms with Gasteiger partial charge in [0, 0.05) is 20.1 Å². The summed E-state index contributed by atoms with van der Waals surface area (Å²) in [5.74, 6) is -1.21. The van der Waals surface area contributed by atoms with Crippen LogP contribution in [0.15, 0.2) is 18.2 Å². The number of hydrogen-bond donors (Lipinski definition) is 2. The minimum Gasteiger partial charge on any atom is -0.481 e. The molecule has 0 aliphatic carbocycles. The van der Waals surface area contributed by atoms with Gasteiger partial charge >= 0.3 is 5.97 Å². The Bertz CT molecular complexity index is 480. The van der Waals surface area contributed by atoms with Crippen molar-refractivity contribution in [3.8, 4) is 0 Å². The molecule has 0 bridgehead atoms. The number of rotatable bonds is 10. The second-order valence-corrected chi connectivity index (χ2v) is 5.68. The van der Waals surface area contributed by atoms with E-state index in [9.17, 15) is 9.18 Å². The number of anilines is 1. The summed E-state index contributed by atoms with van der Waals surface area (Å²) < 4.78 is 13.9. The van der Waals surface area contributed by atoms with Crippen molar-refractivity contribution in [3.05, 3.63) is 29.6 Å². The van der Waals surface area contributed by atoms with Gasteiger partial charge in [-0.3, -0.25) is 4.79 Å². The molecule has 0 fully saturated rings. The van der Waals surface area contributed by atoms with Gasteiger partial charge in [-0.25, -0.2) is 4.39 Å². The quantitative estimate of drug-likeness (QED) is 0.645. The average molecular weight is 311 g/mol. The lowest BCUT2D eigenvalue weighted by atomic mass is 10.1. The van der Waals surface area contributed by atoms with Gasteiger partial charge in [-0.2, -0.15) is 0 Å². The van der Waals surface area contributed by atoms with E-state index in [2.05, 4.69) is 10.2 Å². The van der Waals surface area contributed by atoms with E-state index >= 15 is 0 Å². The van der Waals surface area contributed by atoms with Crippen molar-refractivity contribution in [2.45, 2.75) is 19.4 Å². The van der Waals surface area contributed by atoms with Crippen LogP contribution in [0.25, 0.3) is 0 Å². The molecule has 6 heteroatoms. The molecule has 1 aromatic rings. The van der Waals surface area contributed by atoms with Crippen molar-refractivity contribution < 1.29 is 14.3 Å². The number of nitrogens with zero attached hydrogens (tertiary/aromatic N) is 2. The Kier molecular flexibility index (Phi) is 7.84. The number of carboxylic acid groups (broad SMARTS) is 1. The van der Waals surface area contributed by atoms with E-state index in [0.29, 0.717) is 12.2 Å². The van der Waals surface area contributed by atoms with Crippen LogP contribution in [0.2, 0.25) is 0 Å². The third kappa shape index (κ3) is 6.87. The SMILES string of the molecule is CN(C)CCCNCc1ccc(F)c(N(C)CCC(=O)O)c1. The Labute approximate surface area is 131 Å². The van der Waals surface area contributed by atoms with Gasteiger partial charge in [0.15, 0.2) is 0 Å². The smallest absolute Gasteiger partial charge is 0.305 e. The fourth-order valence-electron chi connectivity index (χ4n) is 2.10. The normalized spacial score (nSPS) is 11.0. The molecule has 22 heavy (non-hydrogen) atoms. The second kappa shape index (κ2) is 9.38. The second-order valence-electron chi connectivity index (χ2n) is 5.68. The molecule has 1 aromatic carbocycles. The molecular formula is C16H26FN3O2. The highest BCUT2D eigenvalue weighted by Gasteiger charge is 2.10. The molecule has 0 heterocycles. The van der Waals surface area contributed by atoms with E-state index in [-0.39, 0.29) is 18.8 Å². The van der Waals surface area contributed by atoms with Gasteiger partial charge in [0.05, 0.1) is 12.1 Å². The van der Waals surface area contributed by atoms with Crippen molar-refractivity contribution in [1.29, 1.82) is 0 Å². The lowest BCUT2D eigenvalue weighted by molar-refractivity contribution is -0.136. The maximum Gasteiger partial charge on any atom is 0.305 e. The Balaban J connectivity index is 2.52. The Morgan fingerprint density at radius 1 is 1.27 bits per heavy atom. The lowest BCUT2D eigenvalue weighted by Crippen LogP contribution is -2.23. The first-order valence-corrected chi connectivity index (χ1v) is 7.47. The van der Waals surface area contributed by atoms with Gasteiger partial charge in [0.1, 0.15) is 5.82 Å². The molecule has 0 saturated carbocycles. The number of nitrogens with one attached hydrogen (secondary N) is 1. The Morgan fingerprint density at radius 2 is 2.00 bits per heavy atom. The Morgan fingerprint density at radius 3 is 2.64 bits per heavy atom. The van der Waals surface area contributed by atoms with E-state index in [1.165, 1.54) is 6.07 Å². The van der Waals surface area contributed by atoms with Crippen molar-refractivity contribution in [1.82, 2.24) is 10.2 Å². The van der Waals surface area contributed by atoms with Crippen LogP contribution in [-0.4, -0.2) is 56.8 Å². The molecule has 0 aliphatic heterocycles. The zero-order valence-electron chi connectivity index (χ0n) is 13.6. The molecule has 5 nitrogen and oxygen atoms in total. The monoisotopic (exact) mass is 311 g/mol. The number of carboxylic acids is 1. The highest BCUT2D eigenvalue weighted by molar-refractivity contribution is 5.67. The number of carbonyl (C=O) groups is 1. The summed E-state index contributed by atoms with van der Waals surface area (Å²) in [6.07, 6.45) is 1.04. The summed E-state index contributed by atoms with van der Waals surface area (Å²) in [5, 5.41) is 12.0. The summed E-state index contributed by atoms with van der Waals surface area (Å²) in [4.78, 5) is 14.4. The molecule has 0 radical (unpaired) electrons. The predicted octanol–water partition coefficient (Wildman–Crippen LogP) is 1.78. The third-order valence-electron chi connectivity index (χ3n) is 3.37. The van der Waals surface area contributed by atoms with E-state index in [1.807, 2.05) is 14.1 Å². The fourth-order valence-corrected chi connectivity index (χ4v) is 2.10. The van der Waals surface area contributed by atoms with E-state index in [0.717, 1.165) is 25.1 Å². The molecule has 0 aromatic heterocycles. The van der Waals surface area contributed by atoms with E-state index < -0.39 is 5.97 Å². The van der Waals surface area contributed by atoms with Crippen LogP contribution in [0.1, 0.15) is 18.4 Å². The van der Waals surface area contributed by atoms with Crippen molar-refractivity contribution in [2.24, 2.45) is 0 Å². The maximum absolute atomic E-state index is 13.9. The van der Waals surface area contributed by atoms with Crippen LogP contribution in [-0.2, 0) is 11.3 Å². The van der Waals surface area contributed by atoms with Gasteiger partial charge in [-0.1, -0.05) is 6.07 Å². The highest BCUT2D eigenvalue weighted by atomic mass is 19.1. The van der Waals surface area contributed by atoms with Gasteiger partial charge < -0.3 is 20.2 Å². The minimum absolute atomic E-state index is 0.0110. The number of aliphatic carboxylic acids is 1. The highest BCUT2D eigenvalue weighted by Crippen LogP contribution is 2.20. The molecule has 0 aliphatic rings. The summed E-state index contributed by atoms with van der Waals surface area (Å²) >= 11 is 0. The number of hydrogen-bond acceptors (Lipinski definition) is 4. The largest absolute Gasteiger partial charge is 0.481 e. The molecule has 124 valence electrons. The molecule has 0 atom stereocenters. The van der Waals surface area contributed by atoms with Gasteiger partial charge in [-0.15, -0.1) is 0 Å². The van der Waals surface area contributed by atoms with E-state index in [4.69, 9.17) is 5.11 Å². The van der Waals surface area contributed by atoms with Crippen LogP contribution in [0.3, 0.4) is 0 Å². The first-order valence-electron chi connectivity index (χ1n) is 7.47. The maximum atomic E-state index is 13.9. The molecule has 0 saturated heterocycles. The summed E-state index contributed by atoms with van der Waals surface area (Å²) in [7, 11) is 5.79. The number of halogens is 1. The van der Waals surface area contributed by atoms with Crippen LogP contribution < -0.4 is 10.2 Å². The zero-order valence-corrected chi connectivity index (χ0v) is 13.6. The van der Waals surface area contributed by atoms with Crippen LogP contribution in [0.5, 0.6) is 0 Å². The minimum atomic E-state index is -0.883. The van der Waals surface area contributed by atoms with Crippen molar-refractivity contribution in [2.75, 3.05) is 45.7 Å². The predicted molar refractivity (Wildman–Crippen MR) is 86.8 cm³/mol. The lowest BCUT2D eigenvalue weighted by Gasteiger charge is -2.20. The molecular weight excluding hydrogens is 285 g/mol. The van der Waals surface area contributed by atoms with E-state index in [1.54, 1.807) is 24.1 Å². The summed E-state index contributed by atoms with van der Waals surface area (Å²) in [6, 6.07) is 4.96. The van der Waals surface area contributed by atoms with Crippen molar-refractivity contribution in [3.63, 3.8) is 0 Å². The standard InChI is InChI=1S/C16H26FN3O2/c1-19(2)9-4-8-18-12-13-5-6-14(17)15(11-13)20(3)10-7-16(21)22/h5-6,11,18H,4,7-10,12H2,1-3H3,(H,21,22). The molecule has 2 N–H and O–H groups in total. The molecule has 1 rings (SSSR count). The summed E-state index contributed by atoms with van der Waals surface area (Å²) in [5.41, 5.74) is 1.43. The zero-order chi connectivity index (χ0) is 16.5. The molecule has 0 spiro atoms. The Hall–Kier alpha value is -1.66. The topological polar surface area (TPSA) is 55.8 Å². The fraction of sp³-hybridized carbons (Fsp3) is 0.562.